The summed E-state index contributed by atoms with van der Waals surface area (Å²) in [5.41, 5.74) is 6.25. The molecule has 0 saturated heterocycles. The van der Waals surface area contributed by atoms with Crippen molar-refractivity contribution in [3.63, 3.8) is 0 Å². The number of guanidine groups is 1. The summed E-state index contributed by atoms with van der Waals surface area (Å²) in [4.78, 5) is 3.95. The Morgan fingerprint density at radius 2 is 1.94 bits per heavy atom. The van der Waals surface area contributed by atoms with Crippen LogP contribution in [-0.2, 0) is 0 Å². The minimum absolute atomic E-state index is 0.0880. The molecule has 1 aliphatic rings. The van der Waals surface area contributed by atoms with E-state index in [2.05, 4.69) is 15.0 Å². The molecule has 0 spiro atoms. The minimum atomic E-state index is -4.67. The zero-order valence-corrected chi connectivity index (χ0v) is 8.66. The molecule has 4 nitrogen and oxygen atoms in total. The molecule has 7 heteroatoms. The lowest BCUT2D eigenvalue weighted by Gasteiger charge is -2.12. The Kier molecular flexibility index (Phi) is 2.83. The molecule has 0 aliphatic carbocycles. The molecular formula is C10H10F3N3O. The first kappa shape index (κ1) is 11.6. The molecule has 1 heterocycles. The Morgan fingerprint density at radius 3 is 2.41 bits per heavy atom. The quantitative estimate of drug-likeness (QED) is 0.831. The van der Waals surface area contributed by atoms with Crippen molar-refractivity contribution in [3.05, 3.63) is 29.8 Å². The second-order valence-electron chi connectivity index (χ2n) is 3.54. The van der Waals surface area contributed by atoms with Gasteiger partial charge in [-0.1, -0.05) is 12.1 Å². The van der Waals surface area contributed by atoms with E-state index in [1.807, 2.05) is 0 Å². The van der Waals surface area contributed by atoms with Crippen molar-refractivity contribution in [3.8, 4) is 5.75 Å². The predicted molar refractivity (Wildman–Crippen MR) is 55.5 cm³/mol. The summed E-state index contributed by atoms with van der Waals surface area (Å²) in [5.74, 6) is 0.0961. The first-order chi connectivity index (χ1) is 7.94. The van der Waals surface area contributed by atoms with Crippen molar-refractivity contribution in [2.45, 2.75) is 12.4 Å². The van der Waals surface area contributed by atoms with E-state index in [0.29, 0.717) is 12.5 Å². The van der Waals surface area contributed by atoms with Crippen LogP contribution in [0.4, 0.5) is 13.2 Å². The number of halogens is 3. The molecule has 0 bridgehead atoms. The molecule has 0 fully saturated rings. The first-order valence-electron chi connectivity index (χ1n) is 4.86. The summed E-state index contributed by atoms with van der Waals surface area (Å²) >= 11 is 0. The highest BCUT2D eigenvalue weighted by molar-refractivity contribution is 5.80. The summed E-state index contributed by atoms with van der Waals surface area (Å²) in [7, 11) is 0. The topological polar surface area (TPSA) is 59.6 Å². The van der Waals surface area contributed by atoms with Gasteiger partial charge in [-0.3, -0.25) is 4.99 Å². The molecule has 3 N–H and O–H groups in total. The predicted octanol–water partition coefficient (Wildman–Crippen LogP) is 1.54. The second-order valence-corrected chi connectivity index (χ2v) is 3.54. The summed E-state index contributed by atoms with van der Waals surface area (Å²) in [6.45, 7) is 0.477. The Morgan fingerprint density at radius 1 is 1.29 bits per heavy atom. The van der Waals surface area contributed by atoms with Gasteiger partial charge >= 0.3 is 6.36 Å². The van der Waals surface area contributed by atoms with Crippen LogP contribution in [0.5, 0.6) is 5.75 Å². The van der Waals surface area contributed by atoms with E-state index in [1.54, 1.807) is 12.1 Å². The molecule has 92 valence electrons. The first-order valence-corrected chi connectivity index (χ1v) is 4.86. The Labute approximate surface area is 95.3 Å². The van der Waals surface area contributed by atoms with Crippen molar-refractivity contribution in [2.75, 3.05) is 6.54 Å². The van der Waals surface area contributed by atoms with Gasteiger partial charge in [0.25, 0.3) is 0 Å². The van der Waals surface area contributed by atoms with Crippen LogP contribution in [0.3, 0.4) is 0 Å². The van der Waals surface area contributed by atoms with E-state index in [9.17, 15) is 13.2 Å². The summed E-state index contributed by atoms with van der Waals surface area (Å²) in [5, 5.41) is 2.90. The molecule has 1 aliphatic heterocycles. The Hall–Kier alpha value is -1.92. The van der Waals surface area contributed by atoms with E-state index in [0.717, 1.165) is 5.56 Å². The molecule has 2 rings (SSSR count). The van der Waals surface area contributed by atoms with E-state index in [1.165, 1.54) is 12.1 Å². The van der Waals surface area contributed by atoms with Crippen LogP contribution in [-0.4, -0.2) is 18.9 Å². The number of alkyl halides is 3. The Bertz CT molecular complexity index is 427. The van der Waals surface area contributed by atoms with Crippen LogP contribution in [0.15, 0.2) is 29.3 Å². The molecule has 0 saturated carbocycles. The molecule has 1 aromatic rings. The fourth-order valence-corrected chi connectivity index (χ4v) is 1.55. The number of nitrogens with two attached hydrogens (primary N) is 1. The highest BCUT2D eigenvalue weighted by Gasteiger charge is 2.31. The molecule has 0 radical (unpaired) electrons. The Balaban J connectivity index is 2.04. The average molecular weight is 245 g/mol. The van der Waals surface area contributed by atoms with Crippen molar-refractivity contribution in [1.82, 2.24) is 5.32 Å². The molecular weight excluding hydrogens is 235 g/mol. The van der Waals surface area contributed by atoms with Crippen LogP contribution in [0.2, 0.25) is 0 Å². The van der Waals surface area contributed by atoms with Crippen LogP contribution in [0, 0.1) is 0 Å². The maximum Gasteiger partial charge on any atom is 0.573 e. The van der Waals surface area contributed by atoms with Gasteiger partial charge in [-0.25, -0.2) is 0 Å². The number of benzene rings is 1. The normalized spacial score (nSPS) is 19.7. The number of aliphatic imine (C=N–C) groups is 1. The number of rotatable bonds is 2. The third-order valence-corrected chi connectivity index (χ3v) is 2.28. The third-order valence-electron chi connectivity index (χ3n) is 2.28. The standard InChI is InChI=1S/C10H10F3N3O/c11-10(12,13)17-7-3-1-6(2-4-7)8-5-15-9(14)16-8/h1-4,8H,5H2,(H3,14,15,16). The van der Waals surface area contributed by atoms with Crippen molar-refractivity contribution in [2.24, 2.45) is 10.7 Å². The van der Waals surface area contributed by atoms with E-state index >= 15 is 0 Å². The maximum absolute atomic E-state index is 11.9. The van der Waals surface area contributed by atoms with Crippen LogP contribution >= 0.6 is 0 Å². The highest BCUT2D eigenvalue weighted by Crippen LogP contribution is 2.25. The minimum Gasteiger partial charge on any atom is -0.406 e. The van der Waals surface area contributed by atoms with Crippen LogP contribution in [0.25, 0.3) is 0 Å². The van der Waals surface area contributed by atoms with Gasteiger partial charge < -0.3 is 15.8 Å². The molecule has 1 aromatic carbocycles. The number of hydrogen-bond donors (Lipinski definition) is 2. The average Bonchev–Trinajstić information content (AvgIpc) is 2.63. The lowest BCUT2D eigenvalue weighted by Crippen LogP contribution is -2.29. The fourth-order valence-electron chi connectivity index (χ4n) is 1.55. The highest BCUT2D eigenvalue weighted by atomic mass is 19.4. The van der Waals surface area contributed by atoms with Gasteiger partial charge in [0, 0.05) is 0 Å². The van der Waals surface area contributed by atoms with Gasteiger partial charge in [-0.2, -0.15) is 0 Å². The molecule has 1 unspecified atom stereocenters. The molecule has 0 aromatic heterocycles. The van der Waals surface area contributed by atoms with Crippen LogP contribution in [0.1, 0.15) is 11.6 Å². The zero-order valence-electron chi connectivity index (χ0n) is 8.66. The van der Waals surface area contributed by atoms with Gasteiger partial charge in [0.05, 0.1) is 12.6 Å². The summed E-state index contributed by atoms with van der Waals surface area (Å²) in [6.07, 6.45) is -4.67. The third kappa shape index (κ3) is 3.02. The fraction of sp³-hybridized carbons (Fsp3) is 0.300. The van der Waals surface area contributed by atoms with Crippen LogP contribution < -0.4 is 15.8 Å². The van der Waals surface area contributed by atoms with E-state index in [4.69, 9.17) is 5.73 Å². The van der Waals surface area contributed by atoms with E-state index < -0.39 is 6.36 Å². The van der Waals surface area contributed by atoms with Gasteiger partial charge in [-0.05, 0) is 17.7 Å². The lowest BCUT2D eigenvalue weighted by molar-refractivity contribution is -0.274. The number of nitrogens with zero attached hydrogens (tertiary/aromatic N) is 1. The number of ether oxygens (including phenoxy) is 1. The maximum atomic E-state index is 11.9. The van der Waals surface area contributed by atoms with Gasteiger partial charge in [0.15, 0.2) is 5.96 Å². The van der Waals surface area contributed by atoms with E-state index in [-0.39, 0.29) is 11.8 Å². The SMILES string of the molecule is NC1=NCC(c2ccc(OC(F)(F)F)cc2)N1. The van der Waals surface area contributed by atoms with Gasteiger partial charge in [0.2, 0.25) is 0 Å². The largest absolute Gasteiger partial charge is 0.573 e. The van der Waals surface area contributed by atoms with Crippen molar-refractivity contribution in [1.29, 1.82) is 0 Å². The number of hydrogen-bond acceptors (Lipinski definition) is 4. The second kappa shape index (κ2) is 4.15. The molecule has 17 heavy (non-hydrogen) atoms. The summed E-state index contributed by atoms with van der Waals surface area (Å²) in [6, 6.07) is 5.53. The monoisotopic (exact) mass is 245 g/mol. The smallest absolute Gasteiger partial charge is 0.406 e. The zero-order chi connectivity index (χ0) is 12.5. The van der Waals surface area contributed by atoms with Gasteiger partial charge in [0.1, 0.15) is 5.75 Å². The molecule has 1 atom stereocenters. The van der Waals surface area contributed by atoms with Crippen molar-refractivity contribution < 1.29 is 17.9 Å². The van der Waals surface area contributed by atoms with Gasteiger partial charge in [-0.15, -0.1) is 13.2 Å². The summed E-state index contributed by atoms with van der Waals surface area (Å²) < 4.78 is 39.5. The number of nitrogens with one attached hydrogen (secondary N) is 1. The van der Waals surface area contributed by atoms with Crippen molar-refractivity contribution >= 4 is 5.96 Å². The molecule has 0 amide bonds. The lowest BCUT2D eigenvalue weighted by atomic mass is 10.1.